The number of aromatic nitrogens is 3. The topological polar surface area (TPSA) is 42.7 Å². The molecule has 0 atom stereocenters. The molecule has 3 rings (SSSR count). The van der Waals surface area contributed by atoms with Crippen LogP contribution in [0.15, 0.2) is 30.6 Å². The van der Waals surface area contributed by atoms with Crippen LogP contribution >= 0.6 is 0 Å². The lowest BCUT2D eigenvalue weighted by Crippen LogP contribution is -2.58. The lowest BCUT2D eigenvalue weighted by molar-refractivity contribution is 0.264. The van der Waals surface area contributed by atoms with Crippen LogP contribution in [0.1, 0.15) is 25.2 Å². The van der Waals surface area contributed by atoms with Crippen LogP contribution in [-0.4, -0.2) is 27.9 Å². The molecule has 112 valence electrons. The number of hydrogen-bond acceptors (Lipinski definition) is 3. The van der Waals surface area contributed by atoms with E-state index in [0.29, 0.717) is 5.92 Å². The third kappa shape index (κ3) is 2.83. The van der Waals surface area contributed by atoms with Crippen LogP contribution < -0.4 is 5.32 Å². The smallest absolute Gasteiger partial charge is 0.138 e. The Morgan fingerprint density at radius 1 is 1.29 bits per heavy atom. The molecular weight excluding hydrogens is 267 g/mol. The van der Waals surface area contributed by atoms with Gasteiger partial charge in [-0.2, -0.15) is 5.10 Å². The summed E-state index contributed by atoms with van der Waals surface area (Å²) in [6.45, 7) is 7.01. The van der Waals surface area contributed by atoms with E-state index in [-0.39, 0.29) is 11.2 Å². The summed E-state index contributed by atoms with van der Waals surface area (Å²) in [4.78, 5) is 4.43. The van der Waals surface area contributed by atoms with E-state index in [1.807, 2.05) is 16.8 Å². The van der Waals surface area contributed by atoms with Gasteiger partial charge in [0.15, 0.2) is 0 Å². The normalized spacial score (nSPS) is 17.0. The highest BCUT2D eigenvalue weighted by atomic mass is 19.1. The molecular formula is C16H21FN4. The average Bonchev–Trinajstić information content (AvgIpc) is 2.81. The third-order valence-corrected chi connectivity index (χ3v) is 4.11. The first kappa shape index (κ1) is 14.2. The number of rotatable bonds is 5. The number of halogens is 1. The number of benzene rings is 1. The molecule has 2 aromatic rings. The van der Waals surface area contributed by atoms with Gasteiger partial charge in [0.25, 0.3) is 0 Å². The van der Waals surface area contributed by atoms with E-state index >= 15 is 0 Å². The molecule has 0 spiro atoms. The fourth-order valence-corrected chi connectivity index (χ4v) is 2.89. The molecule has 0 unspecified atom stereocenters. The third-order valence-electron chi connectivity index (χ3n) is 4.11. The zero-order chi connectivity index (χ0) is 14.9. The second-order valence-corrected chi connectivity index (χ2v) is 6.32. The van der Waals surface area contributed by atoms with Gasteiger partial charge in [0.2, 0.25) is 0 Å². The molecule has 2 heterocycles. The predicted molar refractivity (Wildman–Crippen MR) is 79.5 cm³/mol. The lowest BCUT2D eigenvalue weighted by atomic mass is 9.72. The minimum absolute atomic E-state index is 0.00939. The first-order chi connectivity index (χ1) is 10.1. The Kier molecular flexibility index (Phi) is 3.76. The van der Waals surface area contributed by atoms with Gasteiger partial charge in [-0.25, -0.2) is 14.1 Å². The highest BCUT2D eigenvalue weighted by molar-refractivity contribution is 5.31. The van der Waals surface area contributed by atoms with Gasteiger partial charge in [-0.3, -0.25) is 0 Å². The molecule has 1 aliphatic heterocycles. The Labute approximate surface area is 124 Å². The van der Waals surface area contributed by atoms with E-state index in [2.05, 4.69) is 29.2 Å². The van der Waals surface area contributed by atoms with Gasteiger partial charge >= 0.3 is 0 Å². The van der Waals surface area contributed by atoms with Crippen molar-refractivity contribution in [3.05, 3.63) is 47.8 Å². The van der Waals surface area contributed by atoms with E-state index in [4.69, 9.17) is 0 Å². The maximum atomic E-state index is 13.1. The first-order valence-corrected chi connectivity index (χ1v) is 7.42. The Balaban J connectivity index is 1.84. The molecule has 21 heavy (non-hydrogen) atoms. The minimum atomic E-state index is -0.191. The summed E-state index contributed by atoms with van der Waals surface area (Å²) in [5.74, 6) is 1.35. The SMILES string of the molecule is CC(C)Cn1ncnc1CC1(c2ccc(F)cc2)CNC1. The summed E-state index contributed by atoms with van der Waals surface area (Å²) in [5.41, 5.74) is 1.18. The van der Waals surface area contributed by atoms with Gasteiger partial charge in [-0.1, -0.05) is 26.0 Å². The molecule has 1 aliphatic rings. The summed E-state index contributed by atoms with van der Waals surface area (Å²) in [6, 6.07) is 6.85. The predicted octanol–water partition coefficient (Wildman–Crippen LogP) is 2.16. The van der Waals surface area contributed by atoms with E-state index in [9.17, 15) is 4.39 Å². The van der Waals surface area contributed by atoms with Crippen molar-refractivity contribution in [3.8, 4) is 0 Å². The monoisotopic (exact) mass is 288 g/mol. The quantitative estimate of drug-likeness (QED) is 0.917. The molecule has 5 heteroatoms. The molecule has 0 amide bonds. The highest BCUT2D eigenvalue weighted by Gasteiger charge is 2.40. The summed E-state index contributed by atoms with van der Waals surface area (Å²) in [7, 11) is 0. The van der Waals surface area contributed by atoms with Crippen molar-refractivity contribution in [2.75, 3.05) is 13.1 Å². The molecule has 0 radical (unpaired) electrons. The standard InChI is InChI=1S/C16H21FN4/c1-12(2)8-21-15(19-11-20-21)7-16(9-18-10-16)13-3-5-14(17)6-4-13/h3-6,11-12,18H,7-10H2,1-2H3. The first-order valence-electron chi connectivity index (χ1n) is 7.42. The maximum Gasteiger partial charge on any atom is 0.138 e. The molecule has 1 fully saturated rings. The zero-order valence-corrected chi connectivity index (χ0v) is 12.5. The van der Waals surface area contributed by atoms with Gasteiger partial charge in [0.1, 0.15) is 18.0 Å². The van der Waals surface area contributed by atoms with Gasteiger partial charge in [-0.05, 0) is 23.6 Å². The number of hydrogen-bond donors (Lipinski definition) is 1. The molecule has 0 saturated carbocycles. The molecule has 1 aromatic carbocycles. The average molecular weight is 288 g/mol. The highest BCUT2D eigenvalue weighted by Crippen LogP contribution is 2.32. The van der Waals surface area contributed by atoms with Crippen LogP contribution in [0.4, 0.5) is 4.39 Å². The molecule has 0 aliphatic carbocycles. The van der Waals surface area contributed by atoms with E-state index in [1.165, 1.54) is 17.7 Å². The molecule has 4 nitrogen and oxygen atoms in total. The van der Waals surface area contributed by atoms with E-state index < -0.39 is 0 Å². The largest absolute Gasteiger partial charge is 0.315 e. The van der Waals surface area contributed by atoms with Crippen LogP contribution in [-0.2, 0) is 18.4 Å². The molecule has 0 bridgehead atoms. The van der Waals surface area contributed by atoms with Crippen molar-refractivity contribution in [2.45, 2.75) is 32.2 Å². The maximum absolute atomic E-state index is 13.1. The van der Waals surface area contributed by atoms with Gasteiger partial charge < -0.3 is 5.32 Å². The van der Waals surface area contributed by atoms with Crippen molar-refractivity contribution >= 4 is 0 Å². The van der Waals surface area contributed by atoms with Gasteiger partial charge in [-0.15, -0.1) is 0 Å². The zero-order valence-electron chi connectivity index (χ0n) is 12.5. The van der Waals surface area contributed by atoms with Crippen LogP contribution in [0.5, 0.6) is 0 Å². The summed E-state index contributed by atoms with van der Waals surface area (Å²) in [5, 5.41) is 7.67. The van der Waals surface area contributed by atoms with Crippen molar-refractivity contribution in [3.63, 3.8) is 0 Å². The molecule has 1 N–H and O–H groups in total. The van der Waals surface area contributed by atoms with Crippen LogP contribution in [0, 0.1) is 11.7 Å². The van der Waals surface area contributed by atoms with Crippen LogP contribution in [0.2, 0.25) is 0 Å². The summed E-state index contributed by atoms with van der Waals surface area (Å²) >= 11 is 0. The van der Waals surface area contributed by atoms with Crippen LogP contribution in [0.3, 0.4) is 0 Å². The van der Waals surface area contributed by atoms with E-state index in [1.54, 1.807) is 6.33 Å². The van der Waals surface area contributed by atoms with Crippen molar-refractivity contribution in [1.29, 1.82) is 0 Å². The van der Waals surface area contributed by atoms with Gasteiger partial charge in [0, 0.05) is 31.5 Å². The Morgan fingerprint density at radius 3 is 2.57 bits per heavy atom. The lowest BCUT2D eigenvalue weighted by Gasteiger charge is -2.43. The van der Waals surface area contributed by atoms with Crippen molar-refractivity contribution < 1.29 is 4.39 Å². The number of nitrogens with zero attached hydrogens (tertiary/aromatic N) is 3. The Hall–Kier alpha value is -1.75. The molecule has 1 aromatic heterocycles. The van der Waals surface area contributed by atoms with Crippen molar-refractivity contribution in [2.24, 2.45) is 5.92 Å². The fourth-order valence-electron chi connectivity index (χ4n) is 2.89. The van der Waals surface area contributed by atoms with Crippen molar-refractivity contribution in [1.82, 2.24) is 20.1 Å². The second kappa shape index (κ2) is 5.56. The second-order valence-electron chi connectivity index (χ2n) is 6.32. The molecule has 1 saturated heterocycles. The Bertz CT molecular complexity index is 599. The fraction of sp³-hybridized carbons (Fsp3) is 0.500. The summed E-state index contributed by atoms with van der Waals surface area (Å²) in [6.07, 6.45) is 2.46. The number of nitrogens with one attached hydrogen (secondary N) is 1. The Morgan fingerprint density at radius 2 is 2.00 bits per heavy atom. The van der Waals surface area contributed by atoms with E-state index in [0.717, 1.165) is 31.9 Å². The minimum Gasteiger partial charge on any atom is -0.315 e. The van der Waals surface area contributed by atoms with Gasteiger partial charge in [0.05, 0.1) is 0 Å². The summed E-state index contributed by atoms with van der Waals surface area (Å²) < 4.78 is 15.1. The van der Waals surface area contributed by atoms with Crippen LogP contribution in [0.25, 0.3) is 0 Å².